The van der Waals surface area contributed by atoms with E-state index < -0.39 is 0 Å². The predicted molar refractivity (Wildman–Crippen MR) is 104 cm³/mol. The second kappa shape index (κ2) is 9.41. The molecule has 0 unspecified atom stereocenters. The normalized spacial score (nSPS) is 14.0. The van der Waals surface area contributed by atoms with Crippen LogP contribution in [0.2, 0.25) is 5.02 Å². The largest absolute Gasteiger partial charge is 0.459 e. The summed E-state index contributed by atoms with van der Waals surface area (Å²) in [4.78, 5) is 40.1. The molecule has 1 N–H and O–H groups in total. The van der Waals surface area contributed by atoms with Gasteiger partial charge in [-0.1, -0.05) is 11.6 Å². The van der Waals surface area contributed by atoms with Crippen molar-refractivity contribution >= 4 is 29.3 Å². The first-order valence-electron chi connectivity index (χ1n) is 9.19. The molecule has 0 saturated carbocycles. The fourth-order valence-corrected chi connectivity index (χ4v) is 3.15. The van der Waals surface area contributed by atoms with Gasteiger partial charge in [-0.15, -0.1) is 0 Å². The topological polar surface area (TPSA) is 82.9 Å². The van der Waals surface area contributed by atoms with Crippen LogP contribution in [0, 0.1) is 0 Å². The molecule has 1 aromatic heterocycles. The molecular formula is C20H22ClN3O4. The zero-order chi connectivity index (χ0) is 19.9. The second-order valence-corrected chi connectivity index (χ2v) is 6.95. The summed E-state index contributed by atoms with van der Waals surface area (Å²) in [6, 6.07) is 10.0. The zero-order valence-electron chi connectivity index (χ0n) is 15.4. The van der Waals surface area contributed by atoms with E-state index in [-0.39, 0.29) is 23.5 Å². The van der Waals surface area contributed by atoms with Crippen molar-refractivity contribution in [2.24, 2.45) is 0 Å². The standard InChI is InChI=1S/C20H22ClN3O4/c21-16-7-5-15(6-8-16)20(27)24-12-10-23(11-13-24)18(25)4-1-9-22-19(26)17-3-2-14-28-17/h2-3,5-8,14H,1,4,9-13H2,(H,22,26). The Labute approximate surface area is 168 Å². The van der Waals surface area contributed by atoms with E-state index in [9.17, 15) is 14.4 Å². The number of amides is 3. The fourth-order valence-electron chi connectivity index (χ4n) is 3.03. The Morgan fingerprint density at radius 1 is 1.00 bits per heavy atom. The molecule has 1 saturated heterocycles. The van der Waals surface area contributed by atoms with E-state index >= 15 is 0 Å². The van der Waals surface area contributed by atoms with E-state index in [1.807, 2.05) is 0 Å². The number of furan rings is 1. The van der Waals surface area contributed by atoms with Crippen LogP contribution < -0.4 is 5.32 Å². The lowest BCUT2D eigenvalue weighted by molar-refractivity contribution is -0.132. The van der Waals surface area contributed by atoms with Crippen LogP contribution in [-0.2, 0) is 4.79 Å². The van der Waals surface area contributed by atoms with Crippen molar-refractivity contribution in [1.29, 1.82) is 0 Å². The number of hydrogen-bond donors (Lipinski definition) is 1. The molecule has 0 atom stereocenters. The monoisotopic (exact) mass is 403 g/mol. The van der Waals surface area contributed by atoms with Crippen molar-refractivity contribution in [3.05, 3.63) is 59.0 Å². The van der Waals surface area contributed by atoms with Crippen molar-refractivity contribution in [3.63, 3.8) is 0 Å². The van der Waals surface area contributed by atoms with Gasteiger partial charge in [0, 0.05) is 49.7 Å². The number of nitrogens with zero attached hydrogens (tertiary/aromatic N) is 2. The van der Waals surface area contributed by atoms with Gasteiger partial charge in [0.2, 0.25) is 5.91 Å². The minimum absolute atomic E-state index is 0.0332. The molecular weight excluding hydrogens is 382 g/mol. The van der Waals surface area contributed by atoms with E-state index in [2.05, 4.69) is 5.32 Å². The summed E-state index contributed by atoms with van der Waals surface area (Å²) in [5, 5.41) is 3.31. The summed E-state index contributed by atoms with van der Waals surface area (Å²) in [6.45, 7) is 2.43. The molecule has 0 radical (unpaired) electrons. The van der Waals surface area contributed by atoms with Gasteiger partial charge in [-0.25, -0.2) is 0 Å². The molecule has 1 fully saturated rings. The third-order valence-corrected chi connectivity index (χ3v) is 4.86. The SMILES string of the molecule is O=C(NCCCC(=O)N1CCN(C(=O)c2ccc(Cl)cc2)CC1)c1ccco1. The molecule has 1 aliphatic rings. The molecule has 3 rings (SSSR count). The molecule has 0 bridgehead atoms. The molecule has 0 spiro atoms. The first kappa shape index (κ1) is 19.9. The van der Waals surface area contributed by atoms with Crippen LogP contribution in [-0.4, -0.2) is 60.2 Å². The van der Waals surface area contributed by atoms with Gasteiger partial charge in [-0.05, 0) is 42.8 Å². The molecule has 2 aromatic rings. The lowest BCUT2D eigenvalue weighted by Crippen LogP contribution is -2.50. The Morgan fingerprint density at radius 3 is 2.32 bits per heavy atom. The minimum Gasteiger partial charge on any atom is -0.459 e. The van der Waals surface area contributed by atoms with E-state index in [0.29, 0.717) is 56.2 Å². The van der Waals surface area contributed by atoms with Gasteiger partial charge in [-0.2, -0.15) is 0 Å². The van der Waals surface area contributed by atoms with Gasteiger partial charge in [0.1, 0.15) is 0 Å². The summed E-state index contributed by atoms with van der Waals surface area (Å²) >= 11 is 5.85. The maximum Gasteiger partial charge on any atom is 0.286 e. The quantitative estimate of drug-likeness (QED) is 0.751. The highest BCUT2D eigenvalue weighted by Crippen LogP contribution is 2.13. The maximum absolute atomic E-state index is 12.5. The van der Waals surface area contributed by atoms with Gasteiger partial charge in [0.25, 0.3) is 11.8 Å². The third kappa shape index (κ3) is 5.13. The summed E-state index contributed by atoms with van der Waals surface area (Å²) in [7, 11) is 0. The Kier molecular flexibility index (Phi) is 6.71. The highest BCUT2D eigenvalue weighted by Gasteiger charge is 2.24. The van der Waals surface area contributed by atoms with Gasteiger partial charge >= 0.3 is 0 Å². The number of benzene rings is 1. The first-order valence-corrected chi connectivity index (χ1v) is 9.57. The van der Waals surface area contributed by atoms with Gasteiger partial charge in [0.05, 0.1) is 6.26 Å². The Bertz CT molecular complexity index is 812. The van der Waals surface area contributed by atoms with Crippen LogP contribution in [0.15, 0.2) is 47.1 Å². The molecule has 28 heavy (non-hydrogen) atoms. The second-order valence-electron chi connectivity index (χ2n) is 6.52. The van der Waals surface area contributed by atoms with Crippen LogP contribution in [0.3, 0.4) is 0 Å². The summed E-state index contributed by atoms with van der Waals surface area (Å²) in [5.41, 5.74) is 0.594. The number of nitrogens with one attached hydrogen (secondary N) is 1. The van der Waals surface area contributed by atoms with Crippen LogP contribution in [0.4, 0.5) is 0 Å². The number of hydrogen-bond acceptors (Lipinski definition) is 4. The van der Waals surface area contributed by atoms with Crippen molar-refractivity contribution < 1.29 is 18.8 Å². The highest BCUT2D eigenvalue weighted by atomic mass is 35.5. The lowest BCUT2D eigenvalue weighted by Gasteiger charge is -2.35. The summed E-state index contributed by atoms with van der Waals surface area (Å²) in [6.07, 6.45) is 2.34. The molecule has 0 aliphatic carbocycles. The Hall–Kier alpha value is -2.80. The van der Waals surface area contributed by atoms with Crippen LogP contribution >= 0.6 is 11.6 Å². The smallest absolute Gasteiger partial charge is 0.286 e. The summed E-state index contributed by atoms with van der Waals surface area (Å²) in [5.74, 6) is -0.0465. The maximum atomic E-state index is 12.5. The van der Waals surface area contributed by atoms with E-state index in [1.165, 1.54) is 6.26 Å². The highest BCUT2D eigenvalue weighted by molar-refractivity contribution is 6.30. The average Bonchev–Trinajstić information content (AvgIpc) is 3.26. The number of carbonyl (C=O) groups is 3. The van der Waals surface area contributed by atoms with Gasteiger partial charge in [-0.3, -0.25) is 14.4 Å². The predicted octanol–water partition coefficient (Wildman–Crippen LogP) is 2.43. The fraction of sp³-hybridized carbons (Fsp3) is 0.350. The van der Waals surface area contributed by atoms with E-state index in [4.69, 9.17) is 16.0 Å². The number of halogens is 1. The van der Waals surface area contributed by atoms with E-state index in [1.54, 1.807) is 46.2 Å². The summed E-state index contributed by atoms with van der Waals surface area (Å²) < 4.78 is 5.01. The van der Waals surface area contributed by atoms with Crippen LogP contribution in [0.25, 0.3) is 0 Å². The molecule has 3 amide bonds. The molecule has 7 nitrogen and oxygen atoms in total. The van der Waals surface area contributed by atoms with Crippen molar-refractivity contribution in [2.45, 2.75) is 12.8 Å². The van der Waals surface area contributed by atoms with Crippen molar-refractivity contribution in [2.75, 3.05) is 32.7 Å². The Balaban J connectivity index is 1.37. The van der Waals surface area contributed by atoms with Gasteiger partial charge in [0.15, 0.2) is 5.76 Å². The van der Waals surface area contributed by atoms with Crippen LogP contribution in [0.5, 0.6) is 0 Å². The van der Waals surface area contributed by atoms with Gasteiger partial charge < -0.3 is 19.5 Å². The van der Waals surface area contributed by atoms with E-state index in [0.717, 1.165) is 0 Å². The number of carbonyl (C=O) groups excluding carboxylic acids is 3. The van der Waals surface area contributed by atoms with Crippen molar-refractivity contribution in [1.82, 2.24) is 15.1 Å². The third-order valence-electron chi connectivity index (χ3n) is 4.61. The molecule has 1 aliphatic heterocycles. The van der Waals surface area contributed by atoms with Crippen LogP contribution in [0.1, 0.15) is 33.8 Å². The number of piperazine rings is 1. The Morgan fingerprint density at radius 2 is 1.68 bits per heavy atom. The molecule has 1 aromatic carbocycles. The lowest BCUT2D eigenvalue weighted by atomic mass is 10.1. The molecule has 2 heterocycles. The molecule has 148 valence electrons. The first-order chi connectivity index (χ1) is 13.5. The zero-order valence-corrected chi connectivity index (χ0v) is 16.2. The minimum atomic E-state index is -0.285. The molecule has 8 heteroatoms. The number of rotatable bonds is 6. The average molecular weight is 404 g/mol. The van der Waals surface area contributed by atoms with Crippen molar-refractivity contribution in [3.8, 4) is 0 Å².